The second kappa shape index (κ2) is 5.25. The van der Waals surface area contributed by atoms with Crippen LogP contribution in [0.2, 0.25) is 0 Å². The molecule has 6 heteroatoms. The van der Waals surface area contributed by atoms with Crippen LogP contribution in [-0.4, -0.2) is 39.5 Å². The zero-order valence-corrected chi connectivity index (χ0v) is 9.98. The summed E-state index contributed by atoms with van der Waals surface area (Å²) in [6.45, 7) is 3.50. The molecule has 0 aromatic heterocycles. The third-order valence-corrected chi connectivity index (χ3v) is 4.12. The smallest absolute Gasteiger partial charge is 0.212 e. The van der Waals surface area contributed by atoms with Crippen LogP contribution in [0.4, 0.5) is 0 Å². The predicted octanol–water partition coefficient (Wildman–Crippen LogP) is -0.176. The summed E-state index contributed by atoms with van der Waals surface area (Å²) in [7, 11) is -3.18. The number of nitrogens with two attached hydrogens (primary N) is 1. The Morgan fingerprint density at radius 1 is 1.47 bits per heavy atom. The summed E-state index contributed by atoms with van der Waals surface area (Å²) in [6, 6.07) is 0. The lowest BCUT2D eigenvalue weighted by Gasteiger charge is -2.23. The van der Waals surface area contributed by atoms with Crippen molar-refractivity contribution in [1.82, 2.24) is 4.72 Å². The van der Waals surface area contributed by atoms with Crippen LogP contribution in [0, 0.1) is 0 Å². The van der Waals surface area contributed by atoms with Gasteiger partial charge in [-0.15, -0.1) is 0 Å². The molecule has 1 fully saturated rings. The molecule has 1 rings (SSSR count). The van der Waals surface area contributed by atoms with E-state index in [9.17, 15) is 8.42 Å². The van der Waals surface area contributed by atoms with Gasteiger partial charge in [0.25, 0.3) is 0 Å². The molecule has 0 radical (unpaired) electrons. The molecule has 1 aliphatic heterocycles. The first kappa shape index (κ1) is 12.9. The van der Waals surface area contributed by atoms with Crippen LogP contribution in [0.3, 0.4) is 0 Å². The van der Waals surface area contributed by atoms with Crippen molar-refractivity contribution < 1.29 is 13.2 Å². The van der Waals surface area contributed by atoms with Gasteiger partial charge in [-0.05, 0) is 32.7 Å². The Bertz CT molecular complexity index is 284. The van der Waals surface area contributed by atoms with Crippen LogP contribution in [0.15, 0.2) is 0 Å². The molecular formula is C9H20N2O3S. The third kappa shape index (κ3) is 4.46. The standard InChI is InChI=1S/C9H20N2O3S/c1-9(4-6-14-8-9)11-15(12,13)7-3-2-5-10/h11H,2-8,10H2,1H3. The van der Waals surface area contributed by atoms with Crippen LogP contribution >= 0.6 is 0 Å². The lowest BCUT2D eigenvalue weighted by atomic mass is 10.0. The molecule has 0 aliphatic carbocycles. The Balaban J connectivity index is 2.41. The van der Waals surface area contributed by atoms with E-state index in [0.29, 0.717) is 26.2 Å². The van der Waals surface area contributed by atoms with Crippen molar-refractivity contribution in [1.29, 1.82) is 0 Å². The molecule has 5 nitrogen and oxygen atoms in total. The summed E-state index contributed by atoms with van der Waals surface area (Å²) in [4.78, 5) is 0. The second-order valence-corrected chi connectivity index (χ2v) is 6.12. The van der Waals surface area contributed by atoms with E-state index >= 15 is 0 Å². The fraction of sp³-hybridized carbons (Fsp3) is 1.00. The van der Waals surface area contributed by atoms with E-state index in [1.807, 2.05) is 6.92 Å². The van der Waals surface area contributed by atoms with Crippen LogP contribution in [0.25, 0.3) is 0 Å². The maximum absolute atomic E-state index is 11.7. The minimum atomic E-state index is -3.18. The molecule has 0 spiro atoms. The zero-order chi connectivity index (χ0) is 11.4. The average molecular weight is 236 g/mol. The first-order chi connectivity index (χ1) is 6.97. The first-order valence-corrected chi connectivity index (χ1v) is 6.92. The van der Waals surface area contributed by atoms with Gasteiger partial charge in [0.05, 0.1) is 17.9 Å². The molecule has 15 heavy (non-hydrogen) atoms. The molecule has 1 saturated heterocycles. The molecule has 0 bridgehead atoms. The SMILES string of the molecule is CC1(NS(=O)(=O)CCCCN)CCOC1. The number of sulfonamides is 1. The number of ether oxygens (including phenoxy) is 1. The van der Waals surface area contributed by atoms with Gasteiger partial charge in [0.2, 0.25) is 10.0 Å². The topological polar surface area (TPSA) is 81.4 Å². The van der Waals surface area contributed by atoms with E-state index in [4.69, 9.17) is 10.5 Å². The molecule has 0 amide bonds. The van der Waals surface area contributed by atoms with Crippen molar-refractivity contribution in [3.05, 3.63) is 0 Å². The molecule has 90 valence electrons. The van der Waals surface area contributed by atoms with Gasteiger partial charge in [-0.3, -0.25) is 0 Å². The van der Waals surface area contributed by atoms with Gasteiger partial charge in [0, 0.05) is 6.61 Å². The quantitative estimate of drug-likeness (QED) is 0.627. The highest BCUT2D eigenvalue weighted by Gasteiger charge is 2.33. The minimum Gasteiger partial charge on any atom is -0.379 e. The van der Waals surface area contributed by atoms with Crippen molar-refractivity contribution in [2.75, 3.05) is 25.5 Å². The van der Waals surface area contributed by atoms with Gasteiger partial charge in [0.1, 0.15) is 0 Å². The fourth-order valence-electron chi connectivity index (χ4n) is 1.61. The molecule has 1 heterocycles. The van der Waals surface area contributed by atoms with Crippen molar-refractivity contribution in [2.45, 2.75) is 31.7 Å². The molecule has 1 aliphatic rings. The van der Waals surface area contributed by atoms with Crippen molar-refractivity contribution in [3.8, 4) is 0 Å². The van der Waals surface area contributed by atoms with E-state index in [0.717, 1.165) is 12.8 Å². The van der Waals surface area contributed by atoms with Gasteiger partial charge in [-0.25, -0.2) is 13.1 Å². The number of unbranched alkanes of at least 4 members (excludes halogenated alkanes) is 1. The van der Waals surface area contributed by atoms with E-state index in [1.54, 1.807) is 0 Å². The lowest BCUT2D eigenvalue weighted by Crippen LogP contribution is -2.47. The van der Waals surface area contributed by atoms with Crippen LogP contribution in [0.5, 0.6) is 0 Å². The highest BCUT2D eigenvalue weighted by Crippen LogP contribution is 2.18. The van der Waals surface area contributed by atoms with Crippen LogP contribution in [0.1, 0.15) is 26.2 Å². The van der Waals surface area contributed by atoms with E-state index in [2.05, 4.69) is 4.72 Å². The fourth-order valence-corrected chi connectivity index (χ4v) is 3.21. The first-order valence-electron chi connectivity index (χ1n) is 5.27. The Morgan fingerprint density at radius 3 is 2.73 bits per heavy atom. The zero-order valence-electron chi connectivity index (χ0n) is 9.16. The van der Waals surface area contributed by atoms with E-state index in [1.165, 1.54) is 0 Å². The number of hydrogen-bond acceptors (Lipinski definition) is 4. The summed E-state index contributed by atoms with van der Waals surface area (Å²) >= 11 is 0. The van der Waals surface area contributed by atoms with E-state index in [-0.39, 0.29) is 5.75 Å². The number of nitrogens with one attached hydrogen (secondary N) is 1. The molecule has 0 saturated carbocycles. The third-order valence-electron chi connectivity index (χ3n) is 2.49. The molecule has 1 unspecified atom stereocenters. The molecule has 0 aromatic rings. The average Bonchev–Trinajstić information content (AvgIpc) is 2.50. The van der Waals surface area contributed by atoms with Crippen molar-refractivity contribution in [3.63, 3.8) is 0 Å². The van der Waals surface area contributed by atoms with Gasteiger partial charge >= 0.3 is 0 Å². The van der Waals surface area contributed by atoms with Gasteiger partial charge in [0.15, 0.2) is 0 Å². The van der Waals surface area contributed by atoms with Crippen LogP contribution < -0.4 is 10.5 Å². The number of hydrogen-bond donors (Lipinski definition) is 2. The predicted molar refractivity (Wildman–Crippen MR) is 59.1 cm³/mol. The van der Waals surface area contributed by atoms with Crippen molar-refractivity contribution in [2.24, 2.45) is 5.73 Å². The van der Waals surface area contributed by atoms with Gasteiger partial charge in [-0.2, -0.15) is 0 Å². The molecule has 0 aromatic carbocycles. The largest absolute Gasteiger partial charge is 0.379 e. The molecule has 3 N–H and O–H groups in total. The number of rotatable bonds is 6. The summed E-state index contributed by atoms with van der Waals surface area (Å²) in [5.74, 6) is 0.153. The van der Waals surface area contributed by atoms with Gasteiger partial charge in [-0.1, -0.05) is 0 Å². The molecule has 1 atom stereocenters. The summed E-state index contributed by atoms with van der Waals surface area (Å²) in [5, 5.41) is 0. The Kier molecular flexibility index (Phi) is 4.51. The highest BCUT2D eigenvalue weighted by atomic mass is 32.2. The summed E-state index contributed by atoms with van der Waals surface area (Å²) in [5.41, 5.74) is 4.90. The summed E-state index contributed by atoms with van der Waals surface area (Å²) in [6.07, 6.45) is 2.10. The van der Waals surface area contributed by atoms with Gasteiger partial charge < -0.3 is 10.5 Å². The second-order valence-electron chi connectivity index (χ2n) is 4.28. The monoisotopic (exact) mass is 236 g/mol. The Labute approximate surface area is 91.4 Å². The lowest BCUT2D eigenvalue weighted by molar-refractivity contribution is 0.178. The van der Waals surface area contributed by atoms with E-state index < -0.39 is 15.6 Å². The molecular weight excluding hydrogens is 216 g/mol. The Morgan fingerprint density at radius 2 is 2.20 bits per heavy atom. The maximum Gasteiger partial charge on any atom is 0.212 e. The van der Waals surface area contributed by atoms with Crippen LogP contribution in [-0.2, 0) is 14.8 Å². The normalized spacial score (nSPS) is 27.1. The van der Waals surface area contributed by atoms with Crippen molar-refractivity contribution >= 4 is 10.0 Å². The Hall–Kier alpha value is -0.170. The highest BCUT2D eigenvalue weighted by molar-refractivity contribution is 7.89. The minimum absolute atomic E-state index is 0.153. The summed E-state index contributed by atoms with van der Waals surface area (Å²) < 4.78 is 31.2. The maximum atomic E-state index is 11.7.